The molecule has 1 heterocycles. The first kappa shape index (κ1) is 20.6. The molecule has 0 bridgehead atoms. The van der Waals surface area contributed by atoms with E-state index in [9.17, 15) is 4.79 Å². The Bertz CT molecular complexity index is 664. The minimum Gasteiger partial charge on any atom is -0.352 e. The van der Waals surface area contributed by atoms with E-state index in [2.05, 4.69) is 58.9 Å². The van der Waals surface area contributed by atoms with Gasteiger partial charge in [-0.25, -0.2) is 0 Å². The van der Waals surface area contributed by atoms with Crippen molar-refractivity contribution in [3.05, 3.63) is 35.4 Å². The molecule has 0 spiro atoms. The van der Waals surface area contributed by atoms with Crippen molar-refractivity contribution in [2.75, 3.05) is 34.2 Å². The second-order valence-corrected chi connectivity index (χ2v) is 8.38. The van der Waals surface area contributed by atoms with Crippen LogP contribution < -0.4 is 10.6 Å². The molecule has 28 heavy (non-hydrogen) atoms. The van der Waals surface area contributed by atoms with Gasteiger partial charge in [0, 0.05) is 45.2 Å². The average Bonchev–Trinajstić information content (AvgIpc) is 3.37. The van der Waals surface area contributed by atoms with Crippen LogP contribution in [-0.2, 0) is 17.9 Å². The van der Waals surface area contributed by atoms with E-state index in [4.69, 9.17) is 0 Å². The standard InChI is InChI=1S/C22H35N5O/c1-23-22(24-14-17-8-10-18(11-9-17)15-26(2)3)25-20-12-13-27(16-20)21(28)19-6-4-5-7-19/h8-11,19-20H,4-7,12-16H2,1-3H3,(H2,23,24,25). The molecule has 6 nitrogen and oxygen atoms in total. The number of guanidine groups is 1. The maximum absolute atomic E-state index is 12.6. The lowest BCUT2D eigenvalue weighted by Gasteiger charge is -2.21. The highest BCUT2D eigenvalue weighted by molar-refractivity contribution is 5.81. The van der Waals surface area contributed by atoms with Gasteiger partial charge in [0.05, 0.1) is 0 Å². The van der Waals surface area contributed by atoms with E-state index in [0.717, 1.165) is 51.4 Å². The first-order chi connectivity index (χ1) is 13.5. The molecule has 2 fully saturated rings. The summed E-state index contributed by atoms with van der Waals surface area (Å²) in [6.07, 6.45) is 5.55. The van der Waals surface area contributed by atoms with Gasteiger partial charge in [-0.1, -0.05) is 37.1 Å². The molecule has 2 aliphatic rings. The monoisotopic (exact) mass is 385 g/mol. The smallest absolute Gasteiger partial charge is 0.225 e. The summed E-state index contributed by atoms with van der Waals surface area (Å²) >= 11 is 0. The van der Waals surface area contributed by atoms with E-state index in [0.29, 0.717) is 5.91 Å². The molecule has 3 rings (SSSR count). The molecule has 0 radical (unpaired) electrons. The number of hydrogen-bond acceptors (Lipinski definition) is 3. The Labute approximate surface area is 169 Å². The third-order valence-electron chi connectivity index (χ3n) is 5.75. The van der Waals surface area contributed by atoms with Gasteiger partial charge >= 0.3 is 0 Å². The lowest BCUT2D eigenvalue weighted by atomic mass is 10.1. The Morgan fingerprint density at radius 3 is 2.46 bits per heavy atom. The fraction of sp³-hybridized carbons (Fsp3) is 0.636. The second-order valence-electron chi connectivity index (χ2n) is 8.38. The number of nitrogens with one attached hydrogen (secondary N) is 2. The van der Waals surface area contributed by atoms with E-state index >= 15 is 0 Å². The molecule has 1 aliphatic heterocycles. The lowest BCUT2D eigenvalue weighted by Crippen LogP contribution is -2.45. The quantitative estimate of drug-likeness (QED) is 0.582. The number of likely N-dealkylation sites (tertiary alicyclic amines) is 1. The number of rotatable bonds is 6. The first-order valence-corrected chi connectivity index (χ1v) is 10.5. The minimum atomic E-state index is 0.270. The summed E-state index contributed by atoms with van der Waals surface area (Å²) in [7, 11) is 5.96. The molecule has 1 aromatic carbocycles. The predicted molar refractivity (Wildman–Crippen MR) is 114 cm³/mol. The van der Waals surface area contributed by atoms with E-state index < -0.39 is 0 Å². The van der Waals surface area contributed by atoms with Gasteiger partial charge in [-0.2, -0.15) is 0 Å². The molecule has 1 unspecified atom stereocenters. The van der Waals surface area contributed by atoms with Crippen molar-refractivity contribution >= 4 is 11.9 Å². The molecule has 1 atom stereocenters. The number of hydrogen-bond donors (Lipinski definition) is 2. The molecule has 2 N–H and O–H groups in total. The molecule has 0 aromatic heterocycles. The van der Waals surface area contributed by atoms with Crippen molar-refractivity contribution in [2.24, 2.45) is 10.9 Å². The molecular formula is C22H35N5O. The molecule has 6 heteroatoms. The Hall–Kier alpha value is -2.08. The van der Waals surface area contributed by atoms with E-state index in [-0.39, 0.29) is 12.0 Å². The van der Waals surface area contributed by atoms with Crippen LogP contribution in [0.25, 0.3) is 0 Å². The van der Waals surface area contributed by atoms with Crippen molar-refractivity contribution in [2.45, 2.75) is 51.2 Å². The summed E-state index contributed by atoms with van der Waals surface area (Å²) < 4.78 is 0. The molecule has 154 valence electrons. The van der Waals surface area contributed by atoms with Crippen molar-refractivity contribution in [3.8, 4) is 0 Å². The summed E-state index contributed by atoms with van der Waals surface area (Å²) in [4.78, 5) is 21.2. The highest BCUT2D eigenvalue weighted by Crippen LogP contribution is 2.27. The van der Waals surface area contributed by atoms with E-state index in [1.165, 1.54) is 24.0 Å². The minimum absolute atomic E-state index is 0.270. The van der Waals surface area contributed by atoms with Gasteiger partial charge in [-0.05, 0) is 44.5 Å². The lowest BCUT2D eigenvalue weighted by molar-refractivity contribution is -0.134. The first-order valence-electron chi connectivity index (χ1n) is 10.5. The van der Waals surface area contributed by atoms with Gasteiger partial charge < -0.3 is 20.4 Å². The van der Waals surface area contributed by atoms with Crippen LogP contribution in [0.3, 0.4) is 0 Å². The normalized spacial score (nSPS) is 20.8. The van der Waals surface area contributed by atoms with Crippen LogP contribution in [0.15, 0.2) is 29.3 Å². The summed E-state index contributed by atoms with van der Waals surface area (Å²) in [5, 5.41) is 6.88. The average molecular weight is 386 g/mol. The molecule has 1 saturated carbocycles. The zero-order chi connectivity index (χ0) is 19.9. The highest BCUT2D eigenvalue weighted by Gasteiger charge is 2.32. The Kier molecular flexibility index (Phi) is 7.31. The van der Waals surface area contributed by atoms with Gasteiger partial charge in [0.15, 0.2) is 5.96 Å². The Balaban J connectivity index is 1.44. The molecule has 1 amide bonds. The van der Waals surface area contributed by atoms with Crippen LogP contribution in [0.2, 0.25) is 0 Å². The maximum Gasteiger partial charge on any atom is 0.225 e. The second kappa shape index (κ2) is 9.92. The predicted octanol–water partition coefficient (Wildman–Crippen LogP) is 2.20. The van der Waals surface area contributed by atoms with Crippen molar-refractivity contribution in [1.29, 1.82) is 0 Å². The van der Waals surface area contributed by atoms with Gasteiger partial charge in [0.25, 0.3) is 0 Å². The summed E-state index contributed by atoms with van der Waals surface area (Å²) in [6, 6.07) is 8.96. The number of aliphatic imine (C=N–C) groups is 1. The van der Waals surface area contributed by atoms with Crippen LogP contribution in [-0.4, -0.2) is 61.9 Å². The number of carbonyl (C=O) groups excluding carboxylic acids is 1. The Morgan fingerprint density at radius 2 is 1.82 bits per heavy atom. The van der Waals surface area contributed by atoms with Crippen molar-refractivity contribution in [3.63, 3.8) is 0 Å². The van der Waals surface area contributed by atoms with Gasteiger partial charge in [-0.15, -0.1) is 0 Å². The summed E-state index contributed by atoms with van der Waals surface area (Å²) in [5.41, 5.74) is 2.55. The van der Waals surface area contributed by atoms with Gasteiger partial charge in [0.2, 0.25) is 5.91 Å². The third-order valence-corrected chi connectivity index (χ3v) is 5.75. The molecule has 1 aromatic rings. The number of benzene rings is 1. The van der Waals surface area contributed by atoms with Crippen molar-refractivity contribution in [1.82, 2.24) is 20.4 Å². The topological polar surface area (TPSA) is 60.0 Å². The maximum atomic E-state index is 12.6. The zero-order valence-corrected chi connectivity index (χ0v) is 17.6. The molecule has 1 saturated heterocycles. The fourth-order valence-corrected chi connectivity index (χ4v) is 4.21. The fourth-order valence-electron chi connectivity index (χ4n) is 4.21. The SMILES string of the molecule is CN=C(NCc1ccc(CN(C)C)cc1)NC1CCN(C(=O)C2CCCC2)C1. The van der Waals surface area contributed by atoms with E-state index in [1.54, 1.807) is 7.05 Å². The highest BCUT2D eigenvalue weighted by atomic mass is 16.2. The number of amides is 1. The zero-order valence-electron chi connectivity index (χ0n) is 17.6. The molecule has 1 aliphatic carbocycles. The van der Waals surface area contributed by atoms with Crippen LogP contribution in [0, 0.1) is 5.92 Å². The van der Waals surface area contributed by atoms with Crippen LogP contribution in [0.5, 0.6) is 0 Å². The largest absolute Gasteiger partial charge is 0.352 e. The third kappa shape index (κ3) is 5.71. The number of carbonyl (C=O) groups is 1. The molecular weight excluding hydrogens is 350 g/mol. The van der Waals surface area contributed by atoms with Crippen LogP contribution in [0.1, 0.15) is 43.2 Å². The Morgan fingerprint density at radius 1 is 1.14 bits per heavy atom. The van der Waals surface area contributed by atoms with Gasteiger partial charge in [-0.3, -0.25) is 9.79 Å². The van der Waals surface area contributed by atoms with Gasteiger partial charge in [0.1, 0.15) is 0 Å². The van der Waals surface area contributed by atoms with Crippen LogP contribution >= 0.6 is 0 Å². The van der Waals surface area contributed by atoms with Crippen LogP contribution in [0.4, 0.5) is 0 Å². The number of nitrogens with zero attached hydrogens (tertiary/aromatic N) is 3. The van der Waals surface area contributed by atoms with Crippen molar-refractivity contribution < 1.29 is 4.79 Å². The summed E-state index contributed by atoms with van der Waals surface area (Å²) in [5.74, 6) is 1.44. The van der Waals surface area contributed by atoms with E-state index in [1.807, 2.05) is 4.90 Å². The summed E-state index contributed by atoms with van der Waals surface area (Å²) in [6.45, 7) is 3.33.